The van der Waals surface area contributed by atoms with E-state index < -0.39 is 11.8 Å². The van der Waals surface area contributed by atoms with E-state index in [2.05, 4.69) is 0 Å². The highest BCUT2D eigenvalue weighted by molar-refractivity contribution is 6.31. The van der Waals surface area contributed by atoms with Crippen LogP contribution in [0.2, 0.25) is 0 Å². The van der Waals surface area contributed by atoms with Crippen LogP contribution in [0.4, 0.5) is 0 Å². The molecule has 0 aliphatic carbocycles. The number of hydrogen-bond acceptors (Lipinski definition) is 2. The Morgan fingerprint density at radius 3 is 1.67 bits per heavy atom. The summed E-state index contributed by atoms with van der Waals surface area (Å²) in [7, 11) is 0. The molecule has 3 heteroatoms. The second-order valence-electron chi connectivity index (χ2n) is 0.861. The van der Waals surface area contributed by atoms with E-state index >= 15 is 0 Å². The van der Waals surface area contributed by atoms with E-state index in [0.29, 0.717) is 0 Å². The second-order valence-corrected chi connectivity index (χ2v) is 0.861. The smallest absolute Gasteiger partial charge is 0.371 e. The molecule has 0 aromatic heterocycles. The molecule has 0 unspecified atom stereocenters. The van der Waals surface area contributed by atoms with Gasteiger partial charge in [-0.15, -0.1) is 0 Å². The zero-order valence-electron chi connectivity index (χ0n) is 3.26. The van der Waals surface area contributed by atoms with Gasteiger partial charge in [0, 0.05) is 6.92 Å². The molecule has 0 saturated carbocycles. The summed E-state index contributed by atoms with van der Waals surface area (Å²) in [6, 6.07) is 0. The van der Waals surface area contributed by atoms with Crippen molar-refractivity contribution in [1.29, 1.82) is 0 Å². The Morgan fingerprint density at radius 1 is 1.50 bits per heavy atom. The van der Waals surface area contributed by atoms with E-state index in [1.165, 1.54) is 0 Å². The molecule has 0 heterocycles. The molecule has 34 valence electrons. The second kappa shape index (κ2) is 1.55. The summed E-state index contributed by atoms with van der Waals surface area (Å²) >= 11 is 0. The van der Waals surface area contributed by atoms with Crippen molar-refractivity contribution in [3.05, 3.63) is 0 Å². The molecule has 6 heavy (non-hydrogen) atoms. The first-order valence-electron chi connectivity index (χ1n) is 1.38. The number of rotatable bonds is 1. The fraction of sp³-hybridized carbons (Fsp3) is 0.333. The zero-order valence-corrected chi connectivity index (χ0v) is 3.26. The predicted octanol–water partition coefficient (Wildman–Crippen LogP) is -0.340. The molecular weight excluding hydrogens is 86.0 g/mol. The topological polar surface area (TPSA) is 54.4 Å². The molecule has 0 spiro atoms. The number of Topliss-reactive ketones (excluding diaryl/α,β-unsaturated/α-hetero) is 1. The van der Waals surface area contributed by atoms with Crippen molar-refractivity contribution in [2.45, 2.75) is 6.92 Å². The third-order valence-corrected chi connectivity index (χ3v) is 0.301. The summed E-state index contributed by atoms with van der Waals surface area (Å²) in [5, 5.41) is 7.64. The van der Waals surface area contributed by atoms with Crippen LogP contribution in [0.15, 0.2) is 0 Å². The average molecular weight is 90.0 g/mol. The fourth-order valence-corrected chi connectivity index (χ4v) is 0. The minimum atomic E-state index is -1.38. The van der Waals surface area contributed by atoms with Crippen molar-refractivity contribution in [3.63, 3.8) is 0 Å². The zero-order chi connectivity index (χ0) is 5.15. The quantitative estimate of drug-likeness (QED) is 0.354. The van der Waals surface area contributed by atoms with E-state index in [1.807, 2.05) is 0 Å². The van der Waals surface area contributed by atoms with Crippen LogP contribution in [-0.4, -0.2) is 16.9 Å². The highest BCUT2D eigenvalue weighted by Gasteiger charge is 1.98. The van der Waals surface area contributed by atoms with Crippen LogP contribution in [0.1, 0.15) is 6.92 Å². The Balaban J connectivity index is 3.57. The number of aliphatic carboxylic acids is 1. The Morgan fingerprint density at radius 2 is 1.67 bits per heavy atom. The lowest BCUT2D eigenvalue weighted by atomic mass is 11.1. The third-order valence-electron chi connectivity index (χ3n) is 0.301. The van der Waals surface area contributed by atoms with Crippen LogP contribution in [-0.2, 0) is 9.59 Å². The number of ketones is 1. The van der Waals surface area contributed by atoms with Gasteiger partial charge in [-0.05, 0) is 0 Å². The molecule has 0 bridgehead atoms. The number of carbonyl (C=O) groups is 2. The van der Waals surface area contributed by atoms with Crippen LogP contribution in [0.3, 0.4) is 0 Å². The molecule has 0 aliphatic rings. The Labute approximate surface area is 34.6 Å². The summed E-state index contributed by atoms with van der Waals surface area (Å²) < 4.78 is 0. The van der Waals surface area contributed by atoms with Crippen LogP contribution in [0.25, 0.3) is 0 Å². The Hall–Kier alpha value is -0.860. The van der Waals surface area contributed by atoms with Crippen LogP contribution < -0.4 is 0 Å². The lowest BCUT2D eigenvalue weighted by molar-refractivity contribution is -0.148. The minimum absolute atomic E-state index is 0.824. The van der Waals surface area contributed by atoms with Gasteiger partial charge in [0.05, 0.1) is 0 Å². The summed E-state index contributed by atoms with van der Waals surface area (Å²) in [6.07, 6.45) is 0. The van der Waals surface area contributed by atoms with Crippen molar-refractivity contribution < 1.29 is 14.7 Å². The van der Waals surface area contributed by atoms with Gasteiger partial charge in [-0.1, -0.05) is 0 Å². The number of hydrogen-bond donors (Lipinski definition) is 1. The van der Waals surface area contributed by atoms with Gasteiger partial charge in [-0.25, -0.2) is 4.79 Å². The van der Waals surface area contributed by atoms with E-state index in [1.54, 1.807) is 0 Å². The molecule has 0 fully saturated rings. The number of carbonyl (C=O) groups excluding carboxylic acids is 1. The van der Waals surface area contributed by atoms with E-state index in [-0.39, 0.29) is 0 Å². The first-order chi connectivity index (χ1) is 2.64. The van der Waals surface area contributed by atoms with Gasteiger partial charge in [-0.3, -0.25) is 4.79 Å². The maximum atomic E-state index is 9.54. The van der Waals surface area contributed by atoms with Gasteiger partial charge in [0.1, 0.15) is 0 Å². The van der Waals surface area contributed by atoms with Gasteiger partial charge < -0.3 is 5.11 Å². The number of carboxylic acids is 1. The highest BCUT2D eigenvalue weighted by atomic mass is 16.5. The van der Waals surface area contributed by atoms with E-state index in [9.17, 15) is 9.59 Å². The van der Waals surface area contributed by atoms with Crippen LogP contribution >= 0.6 is 0 Å². The van der Waals surface area contributed by atoms with Crippen molar-refractivity contribution in [2.24, 2.45) is 0 Å². The SMILES string of the molecule is C[13C](=O)[13C](=O)O. The van der Waals surface area contributed by atoms with Gasteiger partial charge in [0.15, 0.2) is 0 Å². The van der Waals surface area contributed by atoms with Crippen molar-refractivity contribution in [1.82, 2.24) is 0 Å². The monoisotopic (exact) mass is 90.0 g/mol. The van der Waals surface area contributed by atoms with E-state index in [4.69, 9.17) is 5.11 Å². The standard InChI is InChI=1S/C3H4O3/c1-2(4)3(5)6/h1H3,(H,5,6)/i2+1,3+1. The van der Waals surface area contributed by atoms with E-state index in [0.717, 1.165) is 6.92 Å². The lowest BCUT2D eigenvalue weighted by Crippen LogP contribution is -2.05. The Kier molecular flexibility index (Phi) is 1.32. The molecular formula is C3H4O3. The molecule has 3 nitrogen and oxygen atoms in total. The molecule has 0 amide bonds. The van der Waals surface area contributed by atoms with Gasteiger partial charge in [0.25, 0.3) is 0 Å². The summed E-state index contributed by atoms with van der Waals surface area (Å²) in [6.45, 7) is 1.00. The summed E-state index contributed by atoms with van der Waals surface area (Å²) in [5.74, 6) is -2.20. The summed E-state index contributed by atoms with van der Waals surface area (Å²) in [4.78, 5) is 18.9. The van der Waals surface area contributed by atoms with Gasteiger partial charge in [0.2, 0.25) is 5.78 Å². The molecule has 1 N–H and O–H groups in total. The molecule has 0 saturated heterocycles. The predicted molar refractivity (Wildman–Crippen MR) is 18.3 cm³/mol. The van der Waals surface area contributed by atoms with Crippen LogP contribution in [0.5, 0.6) is 0 Å². The first-order valence-corrected chi connectivity index (χ1v) is 1.38. The molecule has 0 aliphatic heterocycles. The largest absolute Gasteiger partial charge is 0.476 e. The van der Waals surface area contributed by atoms with Gasteiger partial charge >= 0.3 is 5.97 Å². The normalized spacial score (nSPS) is 7.50. The maximum Gasteiger partial charge on any atom is 0.371 e. The number of carboxylic acid groups (broad SMARTS) is 1. The average Bonchev–Trinajstić information content (AvgIpc) is 1.36. The highest BCUT2D eigenvalue weighted by Crippen LogP contribution is 1.61. The molecule has 0 radical (unpaired) electrons. The van der Waals surface area contributed by atoms with Crippen LogP contribution in [0, 0.1) is 0 Å². The third kappa shape index (κ3) is 1.46. The van der Waals surface area contributed by atoms with Crippen molar-refractivity contribution in [2.75, 3.05) is 0 Å². The maximum absolute atomic E-state index is 9.54. The van der Waals surface area contributed by atoms with Crippen molar-refractivity contribution in [3.8, 4) is 0 Å². The van der Waals surface area contributed by atoms with Gasteiger partial charge in [-0.2, -0.15) is 0 Å². The van der Waals surface area contributed by atoms with Crippen molar-refractivity contribution >= 4 is 11.8 Å². The molecule has 0 aromatic rings. The molecule has 0 aromatic carbocycles. The molecule has 0 atom stereocenters. The Bertz CT molecular complexity index is 72.0. The minimum Gasteiger partial charge on any atom is -0.476 e. The lowest BCUT2D eigenvalue weighted by Gasteiger charge is -1.73. The summed E-state index contributed by atoms with van der Waals surface area (Å²) in [5.41, 5.74) is 0. The first kappa shape index (κ1) is 5.14. The molecule has 0 rings (SSSR count). The fourth-order valence-electron chi connectivity index (χ4n) is 0.